The first kappa shape index (κ1) is 17.7. The van der Waals surface area contributed by atoms with E-state index in [9.17, 15) is 10.1 Å². The van der Waals surface area contributed by atoms with Gasteiger partial charge in [0.15, 0.2) is 5.78 Å². The lowest BCUT2D eigenvalue weighted by Gasteiger charge is -2.16. The predicted molar refractivity (Wildman–Crippen MR) is 111 cm³/mol. The summed E-state index contributed by atoms with van der Waals surface area (Å²) in [6, 6.07) is 22.0. The Hall–Kier alpha value is -3.71. The Bertz CT molecular complexity index is 1250. The maximum atomic E-state index is 12.6. The van der Waals surface area contributed by atoms with Gasteiger partial charge in [-0.2, -0.15) is 5.26 Å². The van der Waals surface area contributed by atoms with Crippen molar-refractivity contribution in [2.75, 3.05) is 0 Å². The van der Waals surface area contributed by atoms with Crippen LogP contribution in [0.2, 0.25) is 0 Å². The average Bonchev–Trinajstić information content (AvgIpc) is 2.98. The van der Waals surface area contributed by atoms with E-state index in [1.165, 1.54) is 0 Å². The summed E-state index contributed by atoms with van der Waals surface area (Å²) >= 11 is 0. The zero-order valence-electron chi connectivity index (χ0n) is 16.0. The van der Waals surface area contributed by atoms with Gasteiger partial charge < -0.3 is 4.57 Å². The number of fused-ring (bicyclic) bond motifs is 1. The molecule has 0 amide bonds. The number of aromatic nitrogens is 2. The molecular weight excluding hydrogens is 346 g/mol. The lowest BCUT2D eigenvalue weighted by atomic mass is 9.95. The molecule has 0 fully saturated rings. The summed E-state index contributed by atoms with van der Waals surface area (Å²) in [5, 5.41) is 9.84. The number of nitrogens with zero attached hydrogens (tertiary/aromatic N) is 3. The second-order valence-electron chi connectivity index (χ2n) is 6.81. The van der Waals surface area contributed by atoms with Crippen molar-refractivity contribution < 1.29 is 4.79 Å². The lowest BCUT2D eigenvalue weighted by Crippen LogP contribution is -2.06. The molecule has 0 aliphatic carbocycles. The Kier molecular flexibility index (Phi) is 4.29. The SMILES string of the molecule is CC(=O)c1c(C)nc2c(C#N)c(C)n(-c3ccccc3)c2c1-c1ccccc1. The highest BCUT2D eigenvalue weighted by Crippen LogP contribution is 2.38. The lowest BCUT2D eigenvalue weighted by molar-refractivity contribution is 0.101. The van der Waals surface area contributed by atoms with Crippen LogP contribution in [0.1, 0.15) is 34.2 Å². The van der Waals surface area contributed by atoms with Crippen LogP contribution in [-0.4, -0.2) is 15.3 Å². The highest BCUT2D eigenvalue weighted by Gasteiger charge is 2.25. The molecule has 4 heteroatoms. The van der Waals surface area contributed by atoms with E-state index in [1.54, 1.807) is 6.92 Å². The molecule has 0 N–H and O–H groups in total. The molecule has 4 aromatic rings. The molecule has 0 unspecified atom stereocenters. The van der Waals surface area contributed by atoms with Gasteiger partial charge in [0.2, 0.25) is 0 Å². The highest BCUT2D eigenvalue weighted by atomic mass is 16.1. The van der Waals surface area contributed by atoms with E-state index in [0.717, 1.165) is 28.0 Å². The first-order valence-corrected chi connectivity index (χ1v) is 9.12. The van der Waals surface area contributed by atoms with Crippen LogP contribution in [0.5, 0.6) is 0 Å². The zero-order valence-corrected chi connectivity index (χ0v) is 16.0. The fourth-order valence-corrected chi connectivity index (χ4v) is 3.89. The molecule has 4 nitrogen and oxygen atoms in total. The Balaban J connectivity index is 2.29. The molecule has 0 atom stereocenters. The van der Waals surface area contributed by atoms with E-state index in [4.69, 9.17) is 4.98 Å². The molecule has 0 aliphatic heterocycles. The molecule has 2 aromatic carbocycles. The van der Waals surface area contributed by atoms with Crippen LogP contribution in [0, 0.1) is 25.2 Å². The maximum Gasteiger partial charge on any atom is 0.162 e. The smallest absolute Gasteiger partial charge is 0.162 e. The molecule has 2 aromatic heterocycles. The number of benzene rings is 2. The van der Waals surface area contributed by atoms with Crippen molar-refractivity contribution in [2.45, 2.75) is 20.8 Å². The summed E-state index contributed by atoms with van der Waals surface area (Å²) in [4.78, 5) is 17.3. The summed E-state index contributed by atoms with van der Waals surface area (Å²) in [5.41, 5.74) is 6.70. The fraction of sp³-hybridized carbons (Fsp3) is 0.125. The molecule has 0 saturated heterocycles. The summed E-state index contributed by atoms with van der Waals surface area (Å²) in [7, 11) is 0. The summed E-state index contributed by atoms with van der Waals surface area (Å²) in [6.45, 7) is 5.32. The van der Waals surface area contributed by atoms with Crippen LogP contribution in [0.25, 0.3) is 27.8 Å². The molecule has 0 bridgehead atoms. The van der Waals surface area contributed by atoms with E-state index in [1.807, 2.05) is 79.1 Å². The van der Waals surface area contributed by atoms with Crippen LogP contribution in [0.3, 0.4) is 0 Å². The largest absolute Gasteiger partial charge is 0.310 e. The van der Waals surface area contributed by atoms with Gasteiger partial charge in [0, 0.05) is 28.2 Å². The molecule has 136 valence electrons. The Morgan fingerprint density at radius 1 is 1.00 bits per heavy atom. The van der Waals surface area contributed by atoms with Gasteiger partial charge in [-0.1, -0.05) is 48.5 Å². The van der Waals surface area contributed by atoms with Gasteiger partial charge in [0.05, 0.1) is 11.1 Å². The van der Waals surface area contributed by atoms with Crippen molar-refractivity contribution in [2.24, 2.45) is 0 Å². The first-order chi connectivity index (χ1) is 13.5. The molecule has 4 rings (SSSR count). The predicted octanol–water partition coefficient (Wildman–Crippen LogP) is 5.38. The summed E-state index contributed by atoms with van der Waals surface area (Å²) in [5.74, 6) is -0.0391. The maximum absolute atomic E-state index is 12.6. The van der Waals surface area contributed by atoms with Crippen LogP contribution < -0.4 is 0 Å². The number of rotatable bonds is 3. The van der Waals surface area contributed by atoms with E-state index < -0.39 is 0 Å². The molecule has 0 spiro atoms. The third kappa shape index (κ3) is 2.60. The summed E-state index contributed by atoms with van der Waals surface area (Å²) < 4.78 is 2.04. The van der Waals surface area contributed by atoms with Crippen molar-refractivity contribution in [3.05, 3.63) is 83.2 Å². The first-order valence-electron chi connectivity index (χ1n) is 9.12. The average molecular weight is 365 g/mol. The van der Waals surface area contributed by atoms with E-state index >= 15 is 0 Å². The van der Waals surface area contributed by atoms with Gasteiger partial charge >= 0.3 is 0 Å². The minimum absolute atomic E-state index is 0.0391. The minimum Gasteiger partial charge on any atom is -0.310 e. The van der Waals surface area contributed by atoms with Crippen molar-refractivity contribution in [3.63, 3.8) is 0 Å². The Morgan fingerprint density at radius 2 is 1.61 bits per heavy atom. The standard InChI is InChI=1S/C24H19N3O/c1-15-21(17(3)28)22(18-10-6-4-7-11-18)24-23(26-15)20(14-25)16(2)27(24)19-12-8-5-9-13-19/h4-13H,1-3H3. The number of hydrogen-bond donors (Lipinski definition) is 0. The second-order valence-corrected chi connectivity index (χ2v) is 6.81. The highest BCUT2D eigenvalue weighted by molar-refractivity contribution is 6.10. The number of pyridine rings is 1. The van der Waals surface area contributed by atoms with Crippen molar-refractivity contribution in [3.8, 4) is 22.9 Å². The van der Waals surface area contributed by atoms with Gasteiger partial charge in [-0.25, -0.2) is 4.98 Å². The number of hydrogen-bond acceptors (Lipinski definition) is 3. The third-order valence-corrected chi connectivity index (χ3v) is 5.05. The molecule has 28 heavy (non-hydrogen) atoms. The third-order valence-electron chi connectivity index (χ3n) is 5.05. The van der Waals surface area contributed by atoms with E-state index in [0.29, 0.717) is 22.3 Å². The van der Waals surface area contributed by atoms with Gasteiger partial charge in [-0.05, 0) is 38.5 Å². The van der Waals surface area contributed by atoms with Crippen LogP contribution in [-0.2, 0) is 0 Å². The van der Waals surface area contributed by atoms with Gasteiger partial charge in [-0.3, -0.25) is 4.79 Å². The Labute approximate surface area is 163 Å². The van der Waals surface area contributed by atoms with Crippen LogP contribution in [0.4, 0.5) is 0 Å². The Morgan fingerprint density at radius 3 is 2.18 bits per heavy atom. The van der Waals surface area contributed by atoms with Gasteiger partial charge in [0.1, 0.15) is 11.6 Å². The number of nitriles is 1. The monoisotopic (exact) mass is 365 g/mol. The van der Waals surface area contributed by atoms with E-state index in [-0.39, 0.29) is 5.78 Å². The number of carbonyl (C=O) groups is 1. The second kappa shape index (κ2) is 6.79. The minimum atomic E-state index is -0.0391. The molecular formula is C24H19N3O. The molecule has 0 aliphatic rings. The topological polar surface area (TPSA) is 58.7 Å². The van der Waals surface area contributed by atoms with Gasteiger partial charge in [0.25, 0.3) is 0 Å². The zero-order chi connectivity index (χ0) is 19.8. The van der Waals surface area contributed by atoms with Crippen LogP contribution in [0.15, 0.2) is 60.7 Å². The van der Waals surface area contributed by atoms with Crippen molar-refractivity contribution in [1.29, 1.82) is 5.26 Å². The van der Waals surface area contributed by atoms with Crippen molar-refractivity contribution in [1.82, 2.24) is 9.55 Å². The van der Waals surface area contributed by atoms with Crippen molar-refractivity contribution >= 4 is 16.8 Å². The number of aryl methyl sites for hydroxylation is 1. The van der Waals surface area contributed by atoms with E-state index in [2.05, 4.69) is 6.07 Å². The number of para-hydroxylation sites is 1. The summed E-state index contributed by atoms with van der Waals surface area (Å²) in [6.07, 6.45) is 0. The molecule has 2 heterocycles. The quantitative estimate of drug-likeness (QED) is 0.458. The van der Waals surface area contributed by atoms with Gasteiger partial charge in [-0.15, -0.1) is 0 Å². The molecule has 0 radical (unpaired) electrons. The normalized spacial score (nSPS) is 10.8. The number of Topliss-reactive ketones (excluding diaryl/α,β-unsaturated/α-hetero) is 1. The molecule has 0 saturated carbocycles. The fourth-order valence-electron chi connectivity index (χ4n) is 3.89. The van der Waals surface area contributed by atoms with Crippen LogP contribution >= 0.6 is 0 Å². The number of ketones is 1. The number of carbonyl (C=O) groups excluding carboxylic acids is 1.